The first-order chi connectivity index (χ1) is 11.9. The van der Waals surface area contributed by atoms with Crippen LogP contribution in [-0.2, 0) is 19.1 Å². The van der Waals surface area contributed by atoms with E-state index in [1.54, 1.807) is 13.8 Å². The largest absolute Gasteiger partial charge is 0.480 e. The van der Waals surface area contributed by atoms with E-state index in [1.165, 1.54) is 11.0 Å². The molecule has 138 valence electrons. The smallest absolute Gasteiger partial charge is 0.344 e. The fourth-order valence-electron chi connectivity index (χ4n) is 1.81. The van der Waals surface area contributed by atoms with E-state index in [1.807, 2.05) is 0 Å². The minimum Gasteiger partial charge on any atom is -0.480 e. The van der Waals surface area contributed by atoms with E-state index >= 15 is 0 Å². The van der Waals surface area contributed by atoms with Crippen molar-refractivity contribution in [3.63, 3.8) is 0 Å². The lowest BCUT2D eigenvalue weighted by atomic mass is 10.3. The van der Waals surface area contributed by atoms with Crippen molar-refractivity contribution in [3.8, 4) is 5.75 Å². The van der Waals surface area contributed by atoms with Crippen LogP contribution in [0.5, 0.6) is 5.75 Å². The van der Waals surface area contributed by atoms with Crippen LogP contribution >= 0.6 is 11.6 Å². The quantitative estimate of drug-likeness (QED) is 0.660. The fraction of sp³-hybridized carbons (Fsp3) is 0.438. The maximum Gasteiger partial charge on any atom is 0.344 e. The third kappa shape index (κ3) is 7.38. The highest BCUT2D eigenvalue weighted by molar-refractivity contribution is 6.32. The van der Waals surface area contributed by atoms with Crippen molar-refractivity contribution in [1.82, 2.24) is 10.2 Å². The lowest BCUT2D eigenvalue weighted by Crippen LogP contribution is -2.42. The lowest BCUT2D eigenvalue weighted by Gasteiger charge is -2.20. The van der Waals surface area contributed by atoms with E-state index in [0.717, 1.165) is 12.1 Å². The molecule has 0 bridgehead atoms. The summed E-state index contributed by atoms with van der Waals surface area (Å²) in [7, 11) is 0. The van der Waals surface area contributed by atoms with Gasteiger partial charge in [-0.05, 0) is 32.0 Å². The molecule has 1 aromatic carbocycles. The number of halogens is 2. The van der Waals surface area contributed by atoms with Gasteiger partial charge in [0.2, 0.25) is 5.91 Å². The van der Waals surface area contributed by atoms with E-state index in [9.17, 15) is 18.8 Å². The average molecular weight is 375 g/mol. The summed E-state index contributed by atoms with van der Waals surface area (Å²) in [5.74, 6) is -1.99. The first kappa shape index (κ1) is 20.7. The van der Waals surface area contributed by atoms with Crippen molar-refractivity contribution in [2.45, 2.75) is 13.8 Å². The third-order valence-electron chi connectivity index (χ3n) is 3.04. The predicted octanol–water partition coefficient (Wildman–Crippen LogP) is 1.39. The summed E-state index contributed by atoms with van der Waals surface area (Å²) in [4.78, 5) is 36.3. The van der Waals surface area contributed by atoms with Crippen molar-refractivity contribution >= 4 is 29.4 Å². The SMILES string of the molecule is CCNC(=O)CN(CC)C(=O)COC(=O)COc1ccc(F)cc1Cl. The highest BCUT2D eigenvalue weighted by Gasteiger charge is 2.17. The molecule has 7 nitrogen and oxygen atoms in total. The Morgan fingerprint density at radius 3 is 2.56 bits per heavy atom. The Hall–Kier alpha value is -2.35. The van der Waals surface area contributed by atoms with Crippen LogP contribution in [0.4, 0.5) is 4.39 Å². The minimum absolute atomic E-state index is 0.0166. The second-order valence-electron chi connectivity index (χ2n) is 4.89. The molecule has 0 aliphatic rings. The summed E-state index contributed by atoms with van der Waals surface area (Å²) < 4.78 is 22.8. The molecule has 0 aromatic heterocycles. The molecular weight excluding hydrogens is 355 g/mol. The first-order valence-electron chi connectivity index (χ1n) is 7.65. The molecule has 0 spiro atoms. The van der Waals surface area contributed by atoms with Crippen LogP contribution in [0.1, 0.15) is 13.8 Å². The highest BCUT2D eigenvalue weighted by atomic mass is 35.5. The number of hydrogen-bond acceptors (Lipinski definition) is 5. The van der Waals surface area contributed by atoms with Crippen LogP contribution in [0.2, 0.25) is 5.02 Å². The number of carbonyl (C=O) groups excluding carboxylic acids is 3. The summed E-state index contributed by atoms with van der Waals surface area (Å²) in [5.41, 5.74) is 0. The Bertz CT molecular complexity index is 627. The van der Waals surface area contributed by atoms with Crippen molar-refractivity contribution in [1.29, 1.82) is 0 Å². The van der Waals surface area contributed by atoms with E-state index in [2.05, 4.69) is 5.32 Å². The summed E-state index contributed by atoms with van der Waals surface area (Å²) in [6.07, 6.45) is 0. The molecule has 0 fully saturated rings. The van der Waals surface area contributed by atoms with Gasteiger partial charge in [0.05, 0.1) is 11.6 Å². The lowest BCUT2D eigenvalue weighted by molar-refractivity contribution is -0.154. The van der Waals surface area contributed by atoms with E-state index in [4.69, 9.17) is 21.1 Å². The third-order valence-corrected chi connectivity index (χ3v) is 3.33. The number of nitrogens with one attached hydrogen (secondary N) is 1. The normalized spacial score (nSPS) is 10.1. The molecule has 0 unspecified atom stereocenters. The van der Waals surface area contributed by atoms with Crippen molar-refractivity contribution < 1.29 is 28.2 Å². The van der Waals surface area contributed by atoms with E-state index < -0.39 is 30.9 Å². The first-order valence-corrected chi connectivity index (χ1v) is 8.03. The Kier molecular flexibility index (Phi) is 8.69. The Morgan fingerprint density at radius 2 is 1.96 bits per heavy atom. The number of hydrogen-bond donors (Lipinski definition) is 1. The molecule has 0 radical (unpaired) electrons. The van der Waals surface area contributed by atoms with Gasteiger partial charge in [-0.15, -0.1) is 0 Å². The molecule has 0 heterocycles. The Balaban J connectivity index is 2.41. The molecule has 1 aromatic rings. The predicted molar refractivity (Wildman–Crippen MR) is 88.8 cm³/mol. The van der Waals surface area contributed by atoms with Crippen LogP contribution in [0.3, 0.4) is 0 Å². The van der Waals surface area contributed by atoms with Crippen LogP contribution < -0.4 is 10.1 Å². The van der Waals surface area contributed by atoms with Gasteiger partial charge in [-0.1, -0.05) is 11.6 Å². The van der Waals surface area contributed by atoms with E-state index in [0.29, 0.717) is 13.1 Å². The number of rotatable bonds is 9. The molecule has 0 aliphatic carbocycles. The highest BCUT2D eigenvalue weighted by Crippen LogP contribution is 2.24. The molecule has 9 heteroatoms. The monoisotopic (exact) mass is 374 g/mol. The van der Waals surface area contributed by atoms with Crippen LogP contribution in [-0.4, -0.2) is 55.5 Å². The molecule has 0 saturated heterocycles. The molecule has 0 atom stereocenters. The van der Waals surface area contributed by atoms with Crippen LogP contribution in [0, 0.1) is 5.82 Å². The Labute approximate surface area is 150 Å². The fourth-order valence-corrected chi connectivity index (χ4v) is 2.03. The van der Waals surface area contributed by atoms with Crippen molar-refractivity contribution in [2.75, 3.05) is 32.8 Å². The molecule has 25 heavy (non-hydrogen) atoms. The standard InChI is InChI=1S/C16H20ClFN2O5/c1-3-19-14(21)8-20(4-2)15(22)9-25-16(23)10-24-13-6-5-11(18)7-12(13)17/h5-7H,3-4,8-10H2,1-2H3,(H,19,21). The van der Waals surface area contributed by atoms with Crippen LogP contribution in [0.25, 0.3) is 0 Å². The average Bonchev–Trinajstić information content (AvgIpc) is 2.57. The van der Waals surface area contributed by atoms with Gasteiger partial charge in [0.15, 0.2) is 13.2 Å². The van der Waals surface area contributed by atoms with Gasteiger partial charge in [0.1, 0.15) is 11.6 Å². The number of nitrogens with zero attached hydrogens (tertiary/aromatic N) is 1. The topological polar surface area (TPSA) is 84.9 Å². The maximum atomic E-state index is 12.9. The van der Waals surface area contributed by atoms with Gasteiger partial charge < -0.3 is 19.7 Å². The number of carbonyl (C=O) groups is 3. The number of amides is 2. The molecule has 1 N–H and O–H groups in total. The summed E-state index contributed by atoms with van der Waals surface area (Å²) >= 11 is 5.76. The number of benzene rings is 1. The van der Waals surface area contributed by atoms with Gasteiger partial charge in [0.25, 0.3) is 5.91 Å². The zero-order chi connectivity index (χ0) is 18.8. The molecule has 1 rings (SSSR count). The molecule has 2 amide bonds. The summed E-state index contributed by atoms with van der Waals surface area (Å²) in [5, 5.41) is 2.59. The molecule has 0 saturated carbocycles. The second kappa shape index (κ2) is 10.5. The summed E-state index contributed by atoms with van der Waals surface area (Å²) in [6.45, 7) is 3.14. The number of likely N-dealkylation sites (N-methyl/N-ethyl adjacent to an activating group) is 2. The second-order valence-corrected chi connectivity index (χ2v) is 5.29. The number of ether oxygens (including phenoxy) is 2. The van der Waals surface area contributed by atoms with Crippen LogP contribution in [0.15, 0.2) is 18.2 Å². The maximum absolute atomic E-state index is 12.9. The number of esters is 1. The van der Waals surface area contributed by atoms with Gasteiger partial charge in [-0.3, -0.25) is 9.59 Å². The molecular formula is C16H20ClFN2O5. The van der Waals surface area contributed by atoms with Crippen molar-refractivity contribution in [3.05, 3.63) is 29.0 Å². The van der Waals surface area contributed by atoms with Crippen molar-refractivity contribution in [2.24, 2.45) is 0 Å². The minimum atomic E-state index is -0.789. The Morgan fingerprint density at radius 1 is 1.24 bits per heavy atom. The van der Waals surface area contributed by atoms with E-state index in [-0.39, 0.29) is 23.2 Å². The zero-order valence-corrected chi connectivity index (χ0v) is 14.8. The van der Waals surface area contributed by atoms with Gasteiger partial charge in [0, 0.05) is 13.1 Å². The van der Waals surface area contributed by atoms with Gasteiger partial charge >= 0.3 is 5.97 Å². The van der Waals surface area contributed by atoms with Gasteiger partial charge in [-0.2, -0.15) is 0 Å². The summed E-state index contributed by atoms with van der Waals surface area (Å²) in [6, 6.07) is 3.46. The zero-order valence-electron chi connectivity index (χ0n) is 14.0. The molecule has 0 aliphatic heterocycles. The van der Waals surface area contributed by atoms with Gasteiger partial charge in [-0.25, -0.2) is 9.18 Å².